The molecule has 0 bridgehead atoms. The van der Waals surface area contributed by atoms with Crippen molar-refractivity contribution in [2.45, 2.75) is 116 Å². The molecule has 5 aromatic carbocycles. The Hall–Kier alpha value is -14.4. The number of carbonyl (C=O) groups excluding carboxylic acids is 2. The lowest BCUT2D eigenvalue weighted by Gasteiger charge is -2.18. The first kappa shape index (κ1) is 83.1. The third kappa shape index (κ3) is 18.8. The highest BCUT2D eigenvalue weighted by Gasteiger charge is 2.27. The van der Waals surface area contributed by atoms with Crippen molar-refractivity contribution in [2.75, 3.05) is 33.8 Å². The number of methoxy groups -OCH3 is 4. The van der Waals surface area contributed by atoms with Crippen molar-refractivity contribution in [2.24, 2.45) is 25.4 Å². The summed E-state index contributed by atoms with van der Waals surface area (Å²) in [5.41, 5.74) is 25.5. The molecule has 0 amide bonds. The van der Waals surface area contributed by atoms with Crippen molar-refractivity contribution in [3.8, 4) is 11.5 Å². The first-order valence-corrected chi connectivity index (χ1v) is 40.3. The third-order valence-corrected chi connectivity index (χ3v) is 21.5. The van der Waals surface area contributed by atoms with Gasteiger partial charge in [-0.05, 0) is 250 Å². The highest BCUT2D eigenvalue weighted by molar-refractivity contribution is 6.14. The summed E-state index contributed by atoms with van der Waals surface area (Å²) in [4.78, 5) is 75.2. The van der Waals surface area contributed by atoms with Crippen molar-refractivity contribution in [3.05, 3.63) is 326 Å². The lowest BCUT2D eigenvalue weighted by Crippen LogP contribution is -2.24. The number of carbonyl (C=O) groups is 3. The number of nitrogens with one attached hydrogen (secondary N) is 7. The molecule has 0 saturated heterocycles. The first-order valence-electron chi connectivity index (χ1n) is 40.3. The molecular weight excluding hydrogens is 1520 g/mol. The Morgan fingerprint density at radius 2 is 1.04 bits per heavy atom. The van der Waals surface area contributed by atoms with Gasteiger partial charge in [0.1, 0.15) is 29.5 Å². The van der Waals surface area contributed by atoms with Gasteiger partial charge in [0, 0.05) is 96.5 Å². The Balaban J connectivity index is 0.000000132. The number of anilines is 2. The zero-order valence-electron chi connectivity index (χ0n) is 71.1. The number of aryl methyl sites for hydroxylation is 7. The van der Waals surface area contributed by atoms with Crippen LogP contribution in [0.25, 0.3) is 69.7 Å². The number of carboxylic acid groups (broad SMARTS) is 1. The van der Waals surface area contributed by atoms with E-state index in [1.165, 1.54) is 18.2 Å². The van der Waals surface area contributed by atoms with Gasteiger partial charge in [-0.2, -0.15) is 0 Å². The molecule has 22 heteroatoms. The van der Waals surface area contributed by atoms with Gasteiger partial charge in [-0.15, -0.1) is 0 Å². The van der Waals surface area contributed by atoms with Gasteiger partial charge in [0.2, 0.25) is 0 Å². The van der Waals surface area contributed by atoms with Gasteiger partial charge in [-0.1, -0.05) is 79.7 Å². The summed E-state index contributed by atoms with van der Waals surface area (Å²) in [7, 11) is 6.39. The fourth-order valence-corrected chi connectivity index (χ4v) is 15.2. The molecule has 121 heavy (non-hydrogen) atoms. The Morgan fingerprint density at radius 1 is 0.521 bits per heavy atom. The lowest BCUT2D eigenvalue weighted by molar-refractivity contribution is -0.156. The summed E-state index contributed by atoms with van der Waals surface area (Å²) >= 11 is 0. The number of allylic oxidation sites excluding steroid dienone is 3. The number of hydrogen-bond acceptors (Lipinski definition) is 13. The van der Waals surface area contributed by atoms with Crippen LogP contribution in [0.3, 0.4) is 0 Å². The average Bonchev–Trinajstić information content (AvgIpc) is 1.63. The molecule has 8 aromatic heterocycles. The van der Waals surface area contributed by atoms with Crippen LogP contribution in [0.2, 0.25) is 0 Å². The topological polar surface area (TPSA) is 284 Å². The Bertz CT molecular complexity index is 6900. The van der Waals surface area contributed by atoms with Crippen molar-refractivity contribution in [1.82, 2.24) is 39.0 Å². The minimum absolute atomic E-state index is 0.0921. The summed E-state index contributed by atoms with van der Waals surface area (Å²) in [5, 5.41) is 22.9. The number of para-hydroxylation sites is 4. The van der Waals surface area contributed by atoms with Crippen LogP contribution in [0.15, 0.2) is 219 Å². The predicted octanol–water partition coefficient (Wildman–Crippen LogP) is 14.2. The Morgan fingerprint density at radius 3 is 1.58 bits per heavy atom. The van der Waals surface area contributed by atoms with Crippen LogP contribution >= 0.6 is 0 Å². The van der Waals surface area contributed by atoms with Crippen LogP contribution in [0.1, 0.15) is 125 Å². The molecule has 0 aliphatic carbocycles. The third-order valence-electron chi connectivity index (χ3n) is 21.5. The average molecular weight is 1620 g/mol. The fraction of sp³-hybridized carbons (Fsp3) is 0.222. The smallest absolute Gasteiger partial charge is 0.323 e. The van der Waals surface area contributed by atoms with E-state index in [0.717, 1.165) is 207 Å². The second-order valence-electron chi connectivity index (χ2n) is 31.4. The van der Waals surface area contributed by atoms with E-state index >= 15 is 0 Å². The summed E-state index contributed by atoms with van der Waals surface area (Å²) in [5.74, 6) is 0.952. The monoisotopic (exact) mass is 1620 g/mol. The predicted molar refractivity (Wildman–Crippen MR) is 481 cm³/mol. The molecule has 0 atom stereocenters. The zero-order chi connectivity index (χ0) is 85.5. The highest BCUT2D eigenvalue weighted by atomic mass is 16.5. The van der Waals surface area contributed by atoms with Gasteiger partial charge in [-0.3, -0.25) is 14.4 Å². The molecule has 616 valence electrons. The van der Waals surface area contributed by atoms with E-state index in [-0.39, 0.29) is 25.2 Å². The molecule has 0 radical (unpaired) electrons. The molecule has 0 unspecified atom stereocenters. The normalized spacial score (nSPS) is 15.0. The molecule has 0 spiro atoms. The number of H-pyrrole nitrogens is 6. The van der Waals surface area contributed by atoms with E-state index in [9.17, 15) is 19.5 Å². The number of aromatic amines is 6. The van der Waals surface area contributed by atoms with Crippen LogP contribution < -0.4 is 57.3 Å². The molecular formula is C99H101N13O9. The summed E-state index contributed by atoms with van der Waals surface area (Å²) in [6, 6.07) is 54.5. The van der Waals surface area contributed by atoms with Gasteiger partial charge >= 0.3 is 17.9 Å². The first-order chi connectivity index (χ1) is 58.2. The number of nitrogens with zero attached hydrogens (tertiary/aromatic N) is 6. The number of fused-ring (bicyclic) bond motifs is 4. The Labute approximate surface area is 700 Å². The molecule has 0 fully saturated rings. The summed E-state index contributed by atoms with van der Waals surface area (Å²) in [6.07, 6.45) is 18.3. The van der Waals surface area contributed by atoms with E-state index in [2.05, 4.69) is 150 Å². The highest BCUT2D eigenvalue weighted by Crippen LogP contribution is 2.33. The molecule has 22 nitrogen and oxygen atoms in total. The van der Waals surface area contributed by atoms with Crippen LogP contribution in [-0.2, 0) is 48.3 Å². The fourth-order valence-electron chi connectivity index (χ4n) is 15.2. The lowest BCUT2D eigenvalue weighted by atomic mass is 9.98. The number of esters is 2. The van der Waals surface area contributed by atoms with Crippen LogP contribution in [0.4, 0.5) is 11.4 Å². The number of aromatic nitrogens is 8. The molecule has 8 N–H and O–H groups in total. The summed E-state index contributed by atoms with van der Waals surface area (Å²) < 4.78 is 30.7. The molecule has 13 aromatic rings. The number of aliphatic imine (C=N–C) groups is 2. The molecule has 4 aliphatic heterocycles. The SMILES string of the molecule is CCC1=CC(c2cc3ccccc3n2CC(=O)O)=N/C1=C\c1[nH]c(C)cc1C.COC(=O)CCc1c(C)[nH]c(/C=c2\[nH]c(=C3C=c4ccccc4=N3)cc2OC)c1C.COC1=CC(c2cc3ccccc3n2COC(=O)C(C)(C)C)=N/C1=C\c1[nH]c(C)cc1C.COc1ccc(Nc2cc(=C3C=c4ccccc4=N3)[nH]/c2=C\c2[nH]c(C)cc2C)cc1. The number of benzene rings is 5. The standard InChI is InChI=1S/C26H24N4O.C26H29N3O3.C24H25N3O3.C23H23N3O2/c1-16-12-17(2)27-22(16)14-25-24(28-19-8-10-20(31-3)11-9-19)15-26(30-25)23-13-18-6-4-5-7-21(18)29-23;1-16-11-17(2)27-19(16)13-21-24(31-6)14-20(28-21)23-12-18-9-7-8-10-22(18)29(23)15-32-25(30)26(3,4)5;1-14-17(9-10-24(28)30-4)15(2)25-19(14)12-22-23(29-3)13-21(27-22)20-11-16-7-5-6-8-18(16)26-20;1-4-16-10-20(25-19(16)12-18-14(2)9-15(3)24-18)22-11-17-7-5-6-8-21(17)26(22)13-23(27)28/h4-15,27-28,30H,1-3H3;7-14,27H,15H2,1-6H3;5-8,11-13,25,27H,9-10H2,1-4H3;5-12,24H,4,13H2,1-3H3,(H,27,28)/b25-14-,26-23?;21-13-;21-20?,22-12-;19-12-. The van der Waals surface area contributed by atoms with Crippen LogP contribution in [0.5, 0.6) is 11.5 Å². The maximum atomic E-state index is 12.4. The second-order valence-corrected chi connectivity index (χ2v) is 31.4. The number of rotatable bonds is 19. The maximum absolute atomic E-state index is 12.4. The van der Waals surface area contributed by atoms with Crippen molar-refractivity contribution >= 4 is 110 Å². The minimum atomic E-state index is -0.867. The van der Waals surface area contributed by atoms with E-state index in [1.54, 1.807) is 21.3 Å². The molecule has 4 aliphatic rings. The van der Waals surface area contributed by atoms with Crippen molar-refractivity contribution < 1.29 is 43.2 Å². The van der Waals surface area contributed by atoms with Crippen molar-refractivity contribution in [1.29, 1.82) is 0 Å². The number of aliphatic carboxylic acids is 1. The van der Waals surface area contributed by atoms with Gasteiger partial charge in [0.05, 0.1) is 117 Å². The summed E-state index contributed by atoms with van der Waals surface area (Å²) in [6.45, 7) is 24.1. The van der Waals surface area contributed by atoms with Gasteiger partial charge in [-0.25, -0.2) is 20.0 Å². The minimum Gasteiger partial charge on any atom is -0.497 e. The van der Waals surface area contributed by atoms with E-state index in [1.807, 2.05) is 190 Å². The zero-order valence-corrected chi connectivity index (χ0v) is 71.1. The number of carboxylic acids is 1. The van der Waals surface area contributed by atoms with Crippen LogP contribution in [0, 0.1) is 60.8 Å². The second kappa shape index (κ2) is 35.8. The number of ether oxygens (including phenoxy) is 5. The van der Waals surface area contributed by atoms with Crippen molar-refractivity contribution in [3.63, 3.8) is 0 Å². The van der Waals surface area contributed by atoms with E-state index in [0.29, 0.717) is 18.6 Å². The Kier molecular flexibility index (Phi) is 24.6. The van der Waals surface area contributed by atoms with Gasteiger partial charge < -0.3 is 73.1 Å². The van der Waals surface area contributed by atoms with E-state index < -0.39 is 11.4 Å². The molecule has 0 saturated carbocycles. The van der Waals surface area contributed by atoms with E-state index in [4.69, 9.17) is 43.7 Å². The molecule has 12 heterocycles. The van der Waals surface area contributed by atoms with Crippen LogP contribution in [-0.4, -0.2) is 102 Å². The van der Waals surface area contributed by atoms with Gasteiger partial charge in [0.15, 0.2) is 6.73 Å². The quantitative estimate of drug-likeness (QED) is 0.0354. The maximum Gasteiger partial charge on any atom is 0.323 e. The van der Waals surface area contributed by atoms with Gasteiger partial charge in [0.25, 0.3) is 0 Å². The largest absolute Gasteiger partial charge is 0.497 e. The number of hydrogen-bond donors (Lipinski definition) is 8. The molecule has 17 rings (SSSR count).